The first kappa shape index (κ1) is 17.9. The van der Waals surface area contributed by atoms with Crippen molar-refractivity contribution in [2.24, 2.45) is 0 Å². The van der Waals surface area contributed by atoms with Gasteiger partial charge in [0, 0.05) is 5.56 Å². The van der Waals surface area contributed by atoms with Crippen LogP contribution in [-0.2, 0) is 4.74 Å². The van der Waals surface area contributed by atoms with Crippen molar-refractivity contribution in [3.05, 3.63) is 35.4 Å². The molecule has 7 nitrogen and oxygen atoms in total. The smallest absolute Gasteiger partial charge is 0.125 e. The van der Waals surface area contributed by atoms with E-state index in [-0.39, 0.29) is 6.61 Å². The fourth-order valence-corrected chi connectivity index (χ4v) is 2.61. The van der Waals surface area contributed by atoms with Crippen LogP contribution in [0.3, 0.4) is 0 Å². The molecule has 1 aliphatic rings. The van der Waals surface area contributed by atoms with E-state index in [1.165, 1.54) is 7.11 Å². The molecule has 1 saturated heterocycles. The number of hydrogen-bond donors (Lipinski definition) is 5. The van der Waals surface area contributed by atoms with Crippen molar-refractivity contribution in [2.45, 2.75) is 30.5 Å². The van der Waals surface area contributed by atoms with Crippen molar-refractivity contribution in [2.75, 3.05) is 20.3 Å². The van der Waals surface area contributed by atoms with Crippen LogP contribution >= 0.6 is 0 Å². The van der Waals surface area contributed by atoms with E-state index in [0.717, 1.165) is 5.56 Å². The summed E-state index contributed by atoms with van der Waals surface area (Å²) in [5, 5.41) is 48.0. The van der Waals surface area contributed by atoms with Crippen LogP contribution < -0.4 is 4.74 Å². The lowest BCUT2D eigenvalue weighted by molar-refractivity contribution is -0.232. The summed E-state index contributed by atoms with van der Waals surface area (Å²) in [4.78, 5) is 0. The number of aliphatic hydroxyl groups excluding tert-OH is 5. The fraction of sp³-hybridized carbons (Fsp3) is 0.500. The summed E-state index contributed by atoms with van der Waals surface area (Å²) in [7, 11) is 1.46. The van der Waals surface area contributed by atoms with Gasteiger partial charge in [0.1, 0.15) is 36.3 Å². The molecule has 7 heteroatoms. The van der Waals surface area contributed by atoms with Crippen LogP contribution in [0, 0.1) is 0 Å². The minimum absolute atomic E-state index is 0.0865. The van der Waals surface area contributed by atoms with Crippen molar-refractivity contribution < 1.29 is 35.0 Å². The molecule has 1 aromatic carbocycles. The van der Waals surface area contributed by atoms with Crippen molar-refractivity contribution in [1.29, 1.82) is 0 Å². The number of aliphatic hydroxyl groups is 5. The van der Waals surface area contributed by atoms with Crippen LogP contribution in [0.1, 0.15) is 17.2 Å². The molecule has 1 fully saturated rings. The highest BCUT2D eigenvalue weighted by Crippen LogP contribution is 2.37. The molecule has 1 heterocycles. The van der Waals surface area contributed by atoms with Crippen LogP contribution in [0.2, 0.25) is 0 Å². The second-order valence-electron chi connectivity index (χ2n) is 5.34. The summed E-state index contributed by atoms with van der Waals surface area (Å²) in [6, 6.07) is 5.11. The van der Waals surface area contributed by atoms with Crippen LogP contribution in [0.5, 0.6) is 5.75 Å². The first-order valence-corrected chi connectivity index (χ1v) is 7.29. The Hall–Kier alpha value is -1.48. The normalized spacial score (nSPS) is 31.5. The predicted molar refractivity (Wildman–Crippen MR) is 81.8 cm³/mol. The van der Waals surface area contributed by atoms with E-state index < -0.39 is 37.1 Å². The van der Waals surface area contributed by atoms with Gasteiger partial charge in [-0.15, -0.1) is 0 Å². The number of methoxy groups -OCH3 is 1. The van der Waals surface area contributed by atoms with E-state index in [9.17, 15) is 20.4 Å². The van der Waals surface area contributed by atoms with Crippen molar-refractivity contribution in [1.82, 2.24) is 0 Å². The lowest BCUT2D eigenvalue weighted by Gasteiger charge is -2.40. The van der Waals surface area contributed by atoms with Gasteiger partial charge in [0.2, 0.25) is 0 Å². The zero-order valence-electron chi connectivity index (χ0n) is 12.7. The molecule has 5 atom stereocenters. The Bertz CT molecular complexity index is 543. The van der Waals surface area contributed by atoms with Crippen LogP contribution in [-0.4, -0.2) is 70.3 Å². The van der Waals surface area contributed by atoms with Gasteiger partial charge < -0.3 is 35.0 Å². The monoisotopic (exact) mass is 326 g/mol. The molecule has 2 rings (SSSR count). The van der Waals surface area contributed by atoms with Crippen LogP contribution in [0.4, 0.5) is 0 Å². The molecule has 0 aliphatic carbocycles. The van der Waals surface area contributed by atoms with E-state index in [2.05, 4.69) is 0 Å². The number of rotatable bonds is 5. The van der Waals surface area contributed by atoms with Gasteiger partial charge in [-0.2, -0.15) is 0 Å². The fourth-order valence-electron chi connectivity index (χ4n) is 2.61. The number of ether oxygens (including phenoxy) is 2. The standard InChI is InChI=1S/C16H22O7/c1-22-11-7-9(3-2-6-17)4-5-10(11)16-15(21)14(20)13(19)12(8-18)23-16/h2-5,7,12-21H,6,8H2,1H3/b3-2+/t12-,13-,14+,15-,16+/m1/s1. The second kappa shape index (κ2) is 7.87. The Morgan fingerprint density at radius 3 is 2.48 bits per heavy atom. The summed E-state index contributed by atoms with van der Waals surface area (Å²) in [5.74, 6) is 0.425. The van der Waals surface area contributed by atoms with Gasteiger partial charge in [0.05, 0.1) is 20.3 Å². The average molecular weight is 326 g/mol. The summed E-state index contributed by atoms with van der Waals surface area (Å²) in [5.41, 5.74) is 1.27. The van der Waals surface area contributed by atoms with Gasteiger partial charge in [-0.3, -0.25) is 0 Å². The Morgan fingerprint density at radius 1 is 1.13 bits per heavy atom. The third kappa shape index (κ3) is 3.72. The molecule has 5 N–H and O–H groups in total. The first-order valence-electron chi connectivity index (χ1n) is 7.29. The summed E-state index contributed by atoms with van der Waals surface area (Å²) >= 11 is 0. The Kier molecular flexibility index (Phi) is 6.11. The zero-order valence-corrected chi connectivity index (χ0v) is 12.7. The average Bonchev–Trinajstić information content (AvgIpc) is 2.58. The highest BCUT2D eigenvalue weighted by Gasteiger charge is 2.44. The number of hydrogen-bond acceptors (Lipinski definition) is 7. The summed E-state index contributed by atoms with van der Waals surface area (Å²) in [6.45, 7) is -0.572. The Labute approximate surface area is 134 Å². The second-order valence-corrected chi connectivity index (χ2v) is 5.34. The molecule has 0 bridgehead atoms. The van der Waals surface area contributed by atoms with E-state index >= 15 is 0 Å². The van der Waals surface area contributed by atoms with Gasteiger partial charge in [-0.1, -0.05) is 24.3 Å². The first-order chi connectivity index (χ1) is 11.0. The number of benzene rings is 1. The maximum atomic E-state index is 10.2. The molecule has 0 unspecified atom stereocenters. The van der Waals surface area contributed by atoms with Crippen molar-refractivity contribution >= 4 is 6.08 Å². The highest BCUT2D eigenvalue weighted by atomic mass is 16.5. The molecule has 0 aromatic heterocycles. The molecule has 1 aliphatic heterocycles. The lowest BCUT2D eigenvalue weighted by Crippen LogP contribution is -2.55. The Morgan fingerprint density at radius 2 is 1.87 bits per heavy atom. The summed E-state index contributed by atoms with van der Waals surface area (Å²) < 4.78 is 10.8. The molecular weight excluding hydrogens is 304 g/mol. The van der Waals surface area contributed by atoms with Gasteiger partial charge in [-0.25, -0.2) is 0 Å². The van der Waals surface area contributed by atoms with Crippen molar-refractivity contribution in [3.8, 4) is 5.75 Å². The van der Waals surface area contributed by atoms with Gasteiger partial charge in [-0.05, 0) is 11.6 Å². The lowest BCUT2D eigenvalue weighted by atomic mass is 9.90. The quantitative estimate of drug-likeness (QED) is 0.481. The van der Waals surface area contributed by atoms with Gasteiger partial charge in [0.25, 0.3) is 0 Å². The third-order valence-electron chi connectivity index (χ3n) is 3.87. The van der Waals surface area contributed by atoms with E-state index in [4.69, 9.17) is 14.6 Å². The van der Waals surface area contributed by atoms with Gasteiger partial charge >= 0.3 is 0 Å². The minimum Gasteiger partial charge on any atom is -0.496 e. The molecule has 1 aromatic rings. The van der Waals surface area contributed by atoms with E-state index in [1.807, 2.05) is 0 Å². The molecule has 23 heavy (non-hydrogen) atoms. The molecule has 0 saturated carbocycles. The molecule has 0 radical (unpaired) electrons. The third-order valence-corrected chi connectivity index (χ3v) is 3.87. The van der Waals surface area contributed by atoms with E-state index in [1.54, 1.807) is 30.4 Å². The molecule has 0 spiro atoms. The van der Waals surface area contributed by atoms with Crippen molar-refractivity contribution in [3.63, 3.8) is 0 Å². The largest absolute Gasteiger partial charge is 0.496 e. The highest BCUT2D eigenvalue weighted by molar-refractivity contribution is 5.54. The minimum atomic E-state index is -1.44. The SMILES string of the molecule is COc1cc(/C=C/CO)ccc1[C@@H]1O[C@H](CO)[C@@H](O)[C@H](O)[C@H]1O. The zero-order chi connectivity index (χ0) is 17.0. The topological polar surface area (TPSA) is 120 Å². The van der Waals surface area contributed by atoms with E-state index in [0.29, 0.717) is 11.3 Å². The maximum Gasteiger partial charge on any atom is 0.125 e. The summed E-state index contributed by atoms with van der Waals surface area (Å²) in [6.07, 6.45) is -2.84. The predicted octanol–water partition coefficient (Wildman–Crippen LogP) is -0.784. The molecular formula is C16H22O7. The molecule has 0 amide bonds. The van der Waals surface area contributed by atoms with Crippen LogP contribution in [0.15, 0.2) is 24.3 Å². The molecule has 128 valence electrons. The Balaban J connectivity index is 2.34. The van der Waals surface area contributed by atoms with Crippen LogP contribution in [0.25, 0.3) is 6.08 Å². The van der Waals surface area contributed by atoms with Gasteiger partial charge in [0.15, 0.2) is 0 Å². The maximum absolute atomic E-state index is 10.2.